The van der Waals surface area contributed by atoms with Crippen molar-refractivity contribution in [1.82, 2.24) is 10.2 Å². The lowest BCUT2D eigenvalue weighted by molar-refractivity contribution is -0.114. The monoisotopic (exact) mass is 496 g/mol. The summed E-state index contributed by atoms with van der Waals surface area (Å²) in [5.74, 6) is 0.388. The van der Waals surface area contributed by atoms with E-state index in [1.54, 1.807) is 55.1 Å². The molecule has 0 bridgehead atoms. The molecule has 1 heterocycles. The summed E-state index contributed by atoms with van der Waals surface area (Å²) in [7, 11) is -3.99. The molecular formula is C20H21ClN4O3S3. The van der Waals surface area contributed by atoms with Crippen LogP contribution in [0.1, 0.15) is 18.9 Å². The first-order valence-electron chi connectivity index (χ1n) is 9.41. The van der Waals surface area contributed by atoms with Crippen LogP contribution in [0.15, 0.2) is 57.8 Å². The van der Waals surface area contributed by atoms with Gasteiger partial charge in [-0.1, -0.05) is 59.8 Å². The van der Waals surface area contributed by atoms with E-state index in [2.05, 4.69) is 22.4 Å². The average molecular weight is 497 g/mol. The largest absolute Gasteiger partial charge is 0.299 e. The number of hydrogen-bond acceptors (Lipinski definition) is 7. The fourth-order valence-electron chi connectivity index (χ4n) is 2.72. The third-order valence-electron chi connectivity index (χ3n) is 4.13. The standard InChI is InChI=1S/C20H21ClN4O3S3/c1-3-11-29-20-24-23-19(30-20)22-18(26)13-25(17-10-9-15(21)12-14(17)2)31(27,28)16-7-5-4-6-8-16/h4-10,12H,3,11,13H2,1-2H3,(H,22,23,26). The topological polar surface area (TPSA) is 92.3 Å². The molecule has 1 amide bonds. The summed E-state index contributed by atoms with van der Waals surface area (Å²) in [5, 5.41) is 11.5. The lowest BCUT2D eigenvalue weighted by Crippen LogP contribution is -2.38. The van der Waals surface area contributed by atoms with E-state index in [4.69, 9.17) is 11.6 Å². The summed E-state index contributed by atoms with van der Waals surface area (Å²) in [4.78, 5) is 12.9. The second-order valence-electron chi connectivity index (χ2n) is 6.53. The Morgan fingerprint density at radius 1 is 1.19 bits per heavy atom. The van der Waals surface area contributed by atoms with Gasteiger partial charge in [-0.15, -0.1) is 10.2 Å². The van der Waals surface area contributed by atoms with Crippen LogP contribution in [-0.4, -0.2) is 36.8 Å². The Morgan fingerprint density at radius 3 is 2.61 bits per heavy atom. The molecule has 0 aliphatic carbocycles. The van der Waals surface area contributed by atoms with Crippen LogP contribution in [0.5, 0.6) is 0 Å². The maximum Gasteiger partial charge on any atom is 0.264 e. The number of hydrogen-bond donors (Lipinski definition) is 1. The number of aryl methyl sites for hydroxylation is 1. The number of thioether (sulfide) groups is 1. The van der Waals surface area contributed by atoms with Crippen LogP contribution >= 0.6 is 34.7 Å². The van der Waals surface area contributed by atoms with Gasteiger partial charge in [-0.2, -0.15) is 0 Å². The average Bonchev–Trinajstić information content (AvgIpc) is 3.18. The Hall–Kier alpha value is -2.14. The Balaban J connectivity index is 1.88. The predicted octanol–water partition coefficient (Wildman–Crippen LogP) is 4.84. The number of anilines is 2. The van der Waals surface area contributed by atoms with Crippen molar-refractivity contribution in [3.63, 3.8) is 0 Å². The minimum absolute atomic E-state index is 0.0892. The maximum atomic E-state index is 13.4. The van der Waals surface area contributed by atoms with Gasteiger partial charge in [0.05, 0.1) is 10.6 Å². The molecule has 0 saturated carbocycles. The van der Waals surface area contributed by atoms with Crippen LogP contribution < -0.4 is 9.62 Å². The Labute approximate surface area is 194 Å². The number of aromatic nitrogens is 2. The fourth-order valence-corrected chi connectivity index (χ4v) is 6.14. The lowest BCUT2D eigenvalue weighted by Gasteiger charge is -2.25. The third-order valence-corrected chi connectivity index (χ3v) is 8.32. The molecule has 7 nitrogen and oxygen atoms in total. The number of rotatable bonds is 9. The second kappa shape index (κ2) is 10.4. The van der Waals surface area contributed by atoms with Crippen molar-refractivity contribution in [2.75, 3.05) is 21.9 Å². The number of benzene rings is 2. The molecule has 0 unspecified atom stereocenters. The highest BCUT2D eigenvalue weighted by atomic mass is 35.5. The van der Waals surface area contributed by atoms with E-state index in [1.165, 1.54) is 23.5 Å². The third kappa shape index (κ3) is 5.97. The summed E-state index contributed by atoms with van der Waals surface area (Å²) in [6.07, 6.45) is 0.999. The highest BCUT2D eigenvalue weighted by molar-refractivity contribution is 8.01. The van der Waals surface area contributed by atoms with E-state index in [9.17, 15) is 13.2 Å². The van der Waals surface area contributed by atoms with Crippen LogP contribution in [0.25, 0.3) is 0 Å². The molecule has 164 valence electrons. The minimum atomic E-state index is -3.99. The van der Waals surface area contributed by atoms with Crippen LogP contribution in [0.4, 0.5) is 10.8 Å². The molecule has 11 heteroatoms. The normalized spacial score (nSPS) is 11.3. The van der Waals surface area contributed by atoms with Crippen molar-refractivity contribution < 1.29 is 13.2 Å². The maximum absolute atomic E-state index is 13.4. The number of carbonyl (C=O) groups is 1. The first-order chi connectivity index (χ1) is 14.8. The van der Waals surface area contributed by atoms with Gasteiger partial charge in [0.25, 0.3) is 10.0 Å². The zero-order valence-corrected chi connectivity index (χ0v) is 20.1. The SMILES string of the molecule is CCCSc1nnc(NC(=O)CN(c2ccc(Cl)cc2C)S(=O)(=O)c2ccccc2)s1. The Morgan fingerprint density at radius 2 is 1.94 bits per heavy atom. The molecule has 0 atom stereocenters. The van der Waals surface area contributed by atoms with Gasteiger partial charge in [0.1, 0.15) is 6.54 Å². The number of nitrogens with one attached hydrogen (secondary N) is 1. The lowest BCUT2D eigenvalue weighted by atomic mass is 10.2. The van der Waals surface area contributed by atoms with Crippen molar-refractivity contribution in [3.8, 4) is 0 Å². The molecule has 2 aromatic carbocycles. The summed E-state index contributed by atoms with van der Waals surface area (Å²) in [6, 6.07) is 12.8. The molecule has 0 aliphatic heterocycles. The zero-order valence-electron chi connectivity index (χ0n) is 16.9. The molecule has 1 aromatic heterocycles. The molecule has 0 saturated heterocycles. The van der Waals surface area contributed by atoms with Gasteiger partial charge in [0.15, 0.2) is 4.34 Å². The van der Waals surface area contributed by atoms with E-state index < -0.39 is 22.5 Å². The highest BCUT2D eigenvalue weighted by Gasteiger charge is 2.28. The molecule has 3 rings (SSSR count). The Kier molecular flexibility index (Phi) is 7.93. The van der Waals surface area contributed by atoms with Crippen LogP contribution in [0.3, 0.4) is 0 Å². The number of carbonyl (C=O) groups excluding carboxylic acids is 1. The van der Waals surface area contributed by atoms with Crippen molar-refractivity contribution in [2.24, 2.45) is 0 Å². The number of amides is 1. The van der Waals surface area contributed by atoms with E-state index in [0.717, 1.165) is 20.8 Å². The van der Waals surface area contributed by atoms with Gasteiger partial charge in [-0.25, -0.2) is 8.42 Å². The quantitative estimate of drug-likeness (QED) is 0.336. The summed E-state index contributed by atoms with van der Waals surface area (Å²) >= 11 is 8.86. The summed E-state index contributed by atoms with van der Waals surface area (Å²) in [5.41, 5.74) is 1.01. The van der Waals surface area contributed by atoms with Crippen LogP contribution in [0.2, 0.25) is 5.02 Å². The number of nitrogens with zero attached hydrogens (tertiary/aromatic N) is 3. The van der Waals surface area contributed by atoms with E-state index in [1.807, 2.05) is 0 Å². The van der Waals surface area contributed by atoms with Gasteiger partial charge < -0.3 is 0 Å². The van der Waals surface area contributed by atoms with E-state index >= 15 is 0 Å². The number of halogens is 1. The van der Waals surface area contributed by atoms with Gasteiger partial charge in [0, 0.05) is 10.8 Å². The summed E-state index contributed by atoms with van der Waals surface area (Å²) in [6.45, 7) is 3.39. The minimum Gasteiger partial charge on any atom is -0.299 e. The second-order valence-corrected chi connectivity index (χ2v) is 11.1. The molecule has 0 aliphatic rings. The molecule has 0 spiro atoms. The molecule has 1 N–H and O–H groups in total. The fraction of sp³-hybridized carbons (Fsp3) is 0.250. The van der Waals surface area contributed by atoms with Crippen molar-refractivity contribution in [2.45, 2.75) is 29.5 Å². The highest BCUT2D eigenvalue weighted by Crippen LogP contribution is 2.29. The first-order valence-corrected chi connectivity index (χ1v) is 13.0. The number of sulfonamides is 1. The predicted molar refractivity (Wildman–Crippen MR) is 127 cm³/mol. The van der Waals surface area contributed by atoms with Gasteiger partial charge >= 0.3 is 0 Å². The molecule has 0 fully saturated rings. The Bertz CT molecular complexity index is 1150. The molecular weight excluding hydrogens is 476 g/mol. The van der Waals surface area contributed by atoms with E-state index in [0.29, 0.717) is 21.4 Å². The molecule has 0 radical (unpaired) electrons. The molecule has 3 aromatic rings. The first kappa shape index (κ1) is 23.5. The zero-order chi connectivity index (χ0) is 22.4. The summed E-state index contributed by atoms with van der Waals surface area (Å²) < 4.78 is 28.6. The van der Waals surface area contributed by atoms with E-state index in [-0.39, 0.29) is 4.90 Å². The van der Waals surface area contributed by atoms with Gasteiger partial charge in [-0.05, 0) is 49.2 Å². The smallest absolute Gasteiger partial charge is 0.264 e. The van der Waals surface area contributed by atoms with Crippen LogP contribution in [0, 0.1) is 6.92 Å². The molecule has 31 heavy (non-hydrogen) atoms. The van der Waals surface area contributed by atoms with Crippen molar-refractivity contribution >= 4 is 61.4 Å². The van der Waals surface area contributed by atoms with Gasteiger partial charge in [-0.3, -0.25) is 14.4 Å². The van der Waals surface area contributed by atoms with Gasteiger partial charge in [0.2, 0.25) is 11.0 Å². The van der Waals surface area contributed by atoms with Crippen molar-refractivity contribution in [1.29, 1.82) is 0 Å². The van der Waals surface area contributed by atoms with Crippen molar-refractivity contribution in [3.05, 3.63) is 59.1 Å². The van der Waals surface area contributed by atoms with Crippen LogP contribution in [-0.2, 0) is 14.8 Å².